The number of nitrogens with zero attached hydrogens (tertiary/aromatic N) is 1. The van der Waals surface area contributed by atoms with Gasteiger partial charge in [0.15, 0.2) is 0 Å². The van der Waals surface area contributed by atoms with Gasteiger partial charge in [-0.2, -0.15) is 11.8 Å². The van der Waals surface area contributed by atoms with Crippen LogP contribution >= 0.6 is 11.8 Å². The number of nitrogens with one attached hydrogen (secondary N) is 1. The number of amides is 2. The molecule has 1 aliphatic rings. The predicted molar refractivity (Wildman–Crippen MR) is 124 cm³/mol. The second-order valence-corrected chi connectivity index (χ2v) is 9.08. The van der Waals surface area contributed by atoms with Crippen LogP contribution in [0.25, 0.3) is 0 Å². The Balaban J connectivity index is 1.28. The molecule has 0 saturated carbocycles. The molecule has 3 rings (SSSR count). The number of hydrogen-bond acceptors (Lipinski definition) is 3. The molecule has 1 heterocycles. The first kappa shape index (κ1) is 22.4. The summed E-state index contributed by atoms with van der Waals surface area (Å²) in [4.78, 5) is 26.8. The fourth-order valence-corrected chi connectivity index (χ4v) is 4.53. The van der Waals surface area contributed by atoms with Gasteiger partial charge in [-0.3, -0.25) is 9.59 Å². The average Bonchev–Trinajstić information content (AvgIpc) is 2.79. The highest BCUT2D eigenvalue weighted by atomic mass is 32.2. The van der Waals surface area contributed by atoms with E-state index in [1.807, 2.05) is 34.9 Å². The summed E-state index contributed by atoms with van der Waals surface area (Å²) in [7, 11) is 0. The highest BCUT2D eigenvalue weighted by Crippen LogP contribution is 2.19. The van der Waals surface area contributed by atoms with Crippen molar-refractivity contribution in [3.05, 3.63) is 71.3 Å². The molecule has 1 fully saturated rings. The van der Waals surface area contributed by atoms with Crippen LogP contribution in [-0.2, 0) is 21.8 Å². The van der Waals surface area contributed by atoms with E-state index in [2.05, 4.69) is 48.6 Å². The Morgan fingerprint density at radius 2 is 1.70 bits per heavy atom. The maximum atomic E-state index is 12.5. The molecule has 0 radical (unpaired) electrons. The minimum atomic E-state index is 0.0327. The summed E-state index contributed by atoms with van der Waals surface area (Å²) in [6.45, 7) is 4.17. The Bertz CT molecular complexity index is 800. The topological polar surface area (TPSA) is 49.4 Å². The Hall–Kier alpha value is -2.27. The number of carbonyl (C=O) groups excluding carboxylic acids is 2. The van der Waals surface area contributed by atoms with Crippen LogP contribution in [0.3, 0.4) is 0 Å². The molecule has 0 aliphatic carbocycles. The van der Waals surface area contributed by atoms with Crippen LogP contribution in [0.2, 0.25) is 0 Å². The Labute approximate surface area is 184 Å². The first-order valence-corrected chi connectivity index (χ1v) is 12.0. The van der Waals surface area contributed by atoms with E-state index in [9.17, 15) is 9.59 Å². The second kappa shape index (κ2) is 11.8. The molecule has 1 aliphatic heterocycles. The lowest BCUT2D eigenvalue weighted by molar-refractivity contribution is -0.135. The van der Waals surface area contributed by atoms with Crippen molar-refractivity contribution in [3.8, 4) is 0 Å². The van der Waals surface area contributed by atoms with Gasteiger partial charge in [0.1, 0.15) is 0 Å². The normalized spacial score (nSPS) is 14.5. The van der Waals surface area contributed by atoms with Gasteiger partial charge in [-0.15, -0.1) is 0 Å². The summed E-state index contributed by atoms with van der Waals surface area (Å²) < 4.78 is 0. The van der Waals surface area contributed by atoms with Gasteiger partial charge in [-0.1, -0.05) is 60.2 Å². The third-order valence-electron chi connectivity index (χ3n) is 5.62. The van der Waals surface area contributed by atoms with Crippen molar-refractivity contribution >= 4 is 23.6 Å². The predicted octanol–water partition coefficient (Wildman–Crippen LogP) is 4.22. The van der Waals surface area contributed by atoms with Gasteiger partial charge in [0.2, 0.25) is 11.8 Å². The van der Waals surface area contributed by atoms with Crippen LogP contribution in [-0.4, -0.2) is 42.1 Å². The molecule has 160 valence electrons. The molecular weight excluding hydrogens is 392 g/mol. The third-order valence-corrected chi connectivity index (χ3v) is 6.65. The number of rotatable bonds is 9. The number of aryl methyl sites for hydroxylation is 2. The number of likely N-dealkylation sites (tertiary alicyclic amines) is 1. The van der Waals surface area contributed by atoms with Crippen molar-refractivity contribution in [2.24, 2.45) is 5.92 Å². The number of carbonyl (C=O) groups is 2. The van der Waals surface area contributed by atoms with Crippen molar-refractivity contribution < 1.29 is 9.59 Å². The lowest BCUT2D eigenvalue weighted by Gasteiger charge is -2.31. The minimum Gasteiger partial charge on any atom is -0.355 e. The molecule has 0 bridgehead atoms. The molecule has 1 saturated heterocycles. The molecule has 30 heavy (non-hydrogen) atoms. The van der Waals surface area contributed by atoms with E-state index in [1.54, 1.807) is 0 Å². The quantitative estimate of drug-likeness (QED) is 0.613. The van der Waals surface area contributed by atoms with Crippen LogP contribution in [0.15, 0.2) is 54.6 Å². The summed E-state index contributed by atoms with van der Waals surface area (Å²) in [5, 5.41) is 3.08. The van der Waals surface area contributed by atoms with E-state index in [-0.39, 0.29) is 17.7 Å². The number of thioether (sulfide) groups is 1. The number of piperidine rings is 1. The average molecular weight is 425 g/mol. The van der Waals surface area contributed by atoms with E-state index in [1.165, 1.54) is 16.7 Å². The maximum absolute atomic E-state index is 12.5. The molecule has 2 aromatic carbocycles. The number of benzene rings is 2. The van der Waals surface area contributed by atoms with Gasteiger partial charge >= 0.3 is 0 Å². The van der Waals surface area contributed by atoms with Gasteiger partial charge in [0, 0.05) is 43.5 Å². The first-order chi connectivity index (χ1) is 14.6. The fraction of sp³-hybridized carbons (Fsp3) is 0.440. The highest BCUT2D eigenvalue weighted by molar-refractivity contribution is 7.98. The molecule has 2 aromatic rings. The van der Waals surface area contributed by atoms with E-state index < -0.39 is 0 Å². The lowest BCUT2D eigenvalue weighted by Crippen LogP contribution is -2.43. The van der Waals surface area contributed by atoms with Gasteiger partial charge in [0.05, 0.1) is 0 Å². The molecule has 2 amide bonds. The van der Waals surface area contributed by atoms with Crippen molar-refractivity contribution in [3.63, 3.8) is 0 Å². The zero-order chi connectivity index (χ0) is 21.2. The zero-order valence-corrected chi connectivity index (χ0v) is 18.6. The van der Waals surface area contributed by atoms with E-state index in [4.69, 9.17) is 0 Å². The smallest absolute Gasteiger partial charge is 0.223 e. The van der Waals surface area contributed by atoms with Gasteiger partial charge in [0.25, 0.3) is 0 Å². The third kappa shape index (κ3) is 7.21. The first-order valence-electron chi connectivity index (χ1n) is 10.8. The number of hydrogen-bond donors (Lipinski definition) is 1. The molecule has 0 unspecified atom stereocenters. The van der Waals surface area contributed by atoms with Crippen LogP contribution in [0, 0.1) is 12.8 Å². The van der Waals surface area contributed by atoms with Gasteiger partial charge < -0.3 is 10.2 Å². The summed E-state index contributed by atoms with van der Waals surface area (Å²) in [6, 6.07) is 18.7. The summed E-state index contributed by atoms with van der Waals surface area (Å²) in [6.07, 6.45) is 2.85. The SMILES string of the molecule is Cc1ccc(CSCCNC(=O)C2CCN(C(=O)CCc3ccccc3)CC2)cc1. The zero-order valence-electron chi connectivity index (χ0n) is 17.8. The van der Waals surface area contributed by atoms with Gasteiger partial charge in [-0.05, 0) is 37.3 Å². The van der Waals surface area contributed by atoms with Gasteiger partial charge in [-0.25, -0.2) is 0 Å². The Morgan fingerprint density at radius 1 is 1.00 bits per heavy atom. The van der Waals surface area contributed by atoms with Crippen LogP contribution in [0.5, 0.6) is 0 Å². The molecule has 4 nitrogen and oxygen atoms in total. The van der Waals surface area contributed by atoms with Crippen LogP contribution in [0.1, 0.15) is 36.0 Å². The van der Waals surface area contributed by atoms with Crippen molar-refractivity contribution in [1.29, 1.82) is 0 Å². The van der Waals surface area contributed by atoms with E-state index >= 15 is 0 Å². The minimum absolute atomic E-state index is 0.0327. The standard InChI is InChI=1S/C25H32N2O2S/c1-20-7-9-22(10-8-20)19-30-18-15-26-25(29)23-13-16-27(17-14-23)24(28)12-11-21-5-3-2-4-6-21/h2-10,23H,11-19H2,1H3,(H,26,29). The fourth-order valence-electron chi connectivity index (χ4n) is 3.71. The maximum Gasteiger partial charge on any atom is 0.223 e. The lowest BCUT2D eigenvalue weighted by atomic mass is 9.95. The molecule has 0 aromatic heterocycles. The largest absolute Gasteiger partial charge is 0.355 e. The molecule has 0 atom stereocenters. The highest BCUT2D eigenvalue weighted by Gasteiger charge is 2.26. The van der Waals surface area contributed by atoms with Crippen LogP contribution in [0.4, 0.5) is 0 Å². The Kier molecular flexibility index (Phi) is 8.81. The summed E-state index contributed by atoms with van der Waals surface area (Å²) >= 11 is 1.84. The van der Waals surface area contributed by atoms with Crippen molar-refractivity contribution in [1.82, 2.24) is 10.2 Å². The van der Waals surface area contributed by atoms with Crippen molar-refractivity contribution in [2.45, 2.75) is 38.4 Å². The summed E-state index contributed by atoms with van der Waals surface area (Å²) in [5.74, 6) is 2.26. The molecular formula is C25H32N2O2S. The van der Waals surface area contributed by atoms with Crippen LogP contribution < -0.4 is 5.32 Å². The second-order valence-electron chi connectivity index (χ2n) is 7.97. The molecule has 1 N–H and O–H groups in total. The van der Waals surface area contributed by atoms with Crippen molar-refractivity contribution in [2.75, 3.05) is 25.4 Å². The van der Waals surface area contributed by atoms with E-state index in [0.717, 1.165) is 30.8 Å². The Morgan fingerprint density at radius 3 is 2.40 bits per heavy atom. The molecule has 0 spiro atoms. The molecule has 5 heteroatoms. The van der Waals surface area contributed by atoms with E-state index in [0.29, 0.717) is 26.1 Å². The monoisotopic (exact) mass is 424 g/mol. The summed E-state index contributed by atoms with van der Waals surface area (Å²) in [5.41, 5.74) is 3.79.